The molecule has 1 aromatic rings. The first-order chi connectivity index (χ1) is 11.1. The average molecular weight is 319 g/mol. The minimum atomic E-state index is -0.514. The Kier molecular flexibility index (Phi) is 6.40. The maximum atomic E-state index is 11.9. The molecule has 6 nitrogen and oxygen atoms in total. The highest BCUT2D eigenvalue weighted by Gasteiger charge is 2.21. The molecule has 1 aromatic carbocycles. The van der Waals surface area contributed by atoms with E-state index in [1.807, 2.05) is 24.3 Å². The first-order valence-corrected chi connectivity index (χ1v) is 8.10. The molecule has 0 spiro atoms. The number of urea groups is 1. The lowest BCUT2D eigenvalue weighted by Crippen LogP contribution is -2.45. The van der Waals surface area contributed by atoms with Crippen molar-refractivity contribution < 1.29 is 14.3 Å². The number of ether oxygens (including phenoxy) is 1. The van der Waals surface area contributed by atoms with Crippen molar-refractivity contribution in [1.29, 1.82) is 0 Å². The normalized spacial score (nSPS) is 14.9. The van der Waals surface area contributed by atoms with Crippen LogP contribution in [-0.4, -0.2) is 31.1 Å². The first kappa shape index (κ1) is 17.3. The van der Waals surface area contributed by atoms with Crippen molar-refractivity contribution >= 4 is 17.6 Å². The number of anilines is 1. The summed E-state index contributed by atoms with van der Waals surface area (Å²) >= 11 is 0. The van der Waals surface area contributed by atoms with Crippen molar-refractivity contribution in [1.82, 2.24) is 10.6 Å². The van der Waals surface area contributed by atoms with Gasteiger partial charge in [-0.15, -0.1) is 0 Å². The number of hydrogen-bond donors (Lipinski definition) is 3. The molecule has 0 aromatic heterocycles. The molecule has 3 amide bonds. The topological polar surface area (TPSA) is 79.5 Å². The summed E-state index contributed by atoms with van der Waals surface area (Å²) in [6.07, 6.45) is 2.56. The lowest BCUT2D eigenvalue weighted by molar-refractivity contribution is -0.120. The predicted molar refractivity (Wildman–Crippen MR) is 89.1 cm³/mol. The molecular formula is C17H25N3O3. The van der Waals surface area contributed by atoms with E-state index >= 15 is 0 Å². The number of amides is 3. The molecule has 23 heavy (non-hydrogen) atoms. The van der Waals surface area contributed by atoms with Crippen molar-refractivity contribution in [2.75, 3.05) is 18.5 Å². The summed E-state index contributed by atoms with van der Waals surface area (Å²) in [5, 5.41) is 7.91. The highest BCUT2D eigenvalue weighted by Crippen LogP contribution is 2.29. The summed E-state index contributed by atoms with van der Waals surface area (Å²) in [4.78, 5) is 23.3. The van der Waals surface area contributed by atoms with Crippen LogP contribution in [-0.2, 0) is 16.1 Å². The van der Waals surface area contributed by atoms with Gasteiger partial charge < -0.3 is 15.4 Å². The summed E-state index contributed by atoms with van der Waals surface area (Å²) in [6, 6.07) is 6.78. The largest absolute Gasteiger partial charge is 0.376 e. The van der Waals surface area contributed by atoms with Crippen LogP contribution in [0.2, 0.25) is 0 Å². The molecule has 1 atom stereocenters. The van der Waals surface area contributed by atoms with E-state index < -0.39 is 12.1 Å². The average Bonchev–Trinajstić information content (AvgIpc) is 3.32. The van der Waals surface area contributed by atoms with Gasteiger partial charge in [-0.2, -0.15) is 0 Å². The highest BCUT2D eigenvalue weighted by molar-refractivity contribution is 5.97. The van der Waals surface area contributed by atoms with Crippen molar-refractivity contribution in [3.05, 3.63) is 29.8 Å². The zero-order chi connectivity index (χ0) is 16.7. The van der Waals surface area contributed by atoms with Gasteiger partial charge in [0.15, 0.2) is 0 Å². The Morgan fingerprint density at radius 3 is 2.83 bits per heavy atom. The Labute approximate surface area is 137 Å². The Hall–Kier alpha value is -2.08. The Morgan fingerprint density at radius 1 is 1.35 bits per heavy atom. The number of nitrogens with one attached hydrogen (secondary N) is 3. The van der Waals surface area contributed by atoms with E-state index in [2.05, 4.69) is 16.0 Å². The van der Waals surface area contributed by atoms with Crippen LogP contribution in [0.25, 0.3) is 0 Å². The molecule has 2 rings (SSSR count). The lowest BCUT2D eigenvalue weighted by Gasteiger charge is -2.15. The second-order valence-corrected chi connectivity index (χ2v) is 5.87. The smallest absolute Gasteiger partial charge is 0.321 e. The van der Waals surface area contributed by atoms with E-state index in [1.165, 1.54) is 12.8 Å². The van der Waals surface area contributed by atoms with E-state index in [0.717, 1.165) is 23.8 Å². The van der Waals surface area contributed by atoms with E-state index in [0.29, 0.717) is 13.2 Å². The molecule has 1 unspecified atom stereocenters. The van der Waals surface area contributed by atoms with Crippen molar-refractivity contribution in [3.63, 3.8) is 0 Å². The number of carbonyl (C=O) groups is 2. The Bertz CT molecular complexity index is 544. The lowest BCUT2D eigenvalue weighted by atomic mass is 10.2. The standard InChI is InChI=1S/C17H25N3O3/c1-3-18-17(22)20-16(21)12(2)19-15-6-4-5-14(9-15)11-23-10-13-7-8-13/h4-6,9,12-13,19H,3,7-8,10-11H2,1-2H3,(H2,18,20,21,22). The first-order valence-electron chi connectivity index (χ1n) is 8.10. The summed E-state index contributed by atoms with van der Waals surface area (Å²) < 4.78 is 5.67. The highest BCUT2D eigenvalue weighted by atomic mass is 16.5. The van der Waals surface area contributed by atoms with Crippen LogP contribution < -0.4 is 16.0 Å². The van der Waals surface area contributed by atoms with Crippen molar-refractivity contribution in [2.24, 2.45) is 5.92 Å². The molecule has 1 fully saturated rings. The minimum Gasteiger partial charge on any atom is -0.376 e. The number of carbonyl (C=O) groups excluding carboxylic acids is 2. The molecule has 0 aliphatic heterocycles. The van der Waals surface area contributed by atoms with Crippen LogP contribution in [0.15, 0.2) is 24.3 Å². The molecule has 0 heterocycles. The second kappa shape index (κ2) is 8.53. The third-order valence-electron chi connectivity index (χ3n) is 3.60. The van der Waals surface area contributed by atoms with Crippen LogP contribution in [0.5, 0.6) is 0 Å². The van der Waals surface area contributed by atoms with Gasteiger partial charge in [-0.25, -0.2) is 4.79 Å². The number of imide groups is 1. The molecule has 1 saturated carbocycles. The van der Waals surface area contributed by atoms with Gasteiger partial charge in [0.25, 0.3) is 0 Å². The van der Waals surface area contributed by atoms with Gasteiger partial charge in [0.2, 0.25) is 5.91 Å². The van der Waals surface area contributed by atoms with Gasteiger partial charge in [0, 0.05) is 18.8 Å². The van der Waals surface area contributed by atoms with Crippen LogP contribution >= 0.6 is 0 Å². The fourth-order valence-electron chi connectivity index (χ4n) is 2.12. The molecule has 1 aliphatic carbocycles. The van der Waals surface area contributed by atoms with E-state index in [4.69, 9.17) is 4.74 Å². The summed E-state index contributed by atoms with van der Waals surface area (Å²) in [6.45, 7) is 5.38. The second-order valence-electron chi connectivity index (χ2n) is 5.87. The third-order valence-corrected chi connectivity index (χ3v) is 3.60. The van der Waals surface area contributed by atoms with E-state index in [1.54, 1.807) is 13.8 Å². The van der Waals surface area contributed by atoms with Crippen LogP contribution in [0.4, 0.5) is 10.5 Å². The molecule has 0 radical (unpaired) electrons. The molecule has 1 aliphatic rings. The zero-order valence-corrected chi connectivity index (χ0v) is 13.7. The minimum absolute atomic E-state index is 0.369. The van der Waals surface area contributed by atoms with Gasteiger partial charge in [0.1, 0.15) is 6.04 Å². The van der Waals surface area contributed by atoms with Gasteiger partial charge in [-0.1, -0.05) is 12.1 Å². The summed E-state index contributed by atoms with van der Waals surface area (Å²) in [7, 11) is 0. The van der Waals surface area contributed by atoms with Gasteiger partial charge in [0.05, 0.1) is 6.61 Å². The molecule has 6 heteroatoms. The monoisotopic (exact) mass is 319 g/mol. The molecule has 0 bridgehead atoms. The molecule has 3 N–H and O–H groups in total. The fourth-order valence-corrected chi connectivity index (χ4v) is 2.12. The number of benzene rings is 1. The van der Waals surface area contributed by atoms with Crippen molar-refractivity contribution in [2.45, 2.75) is 39.3 Å². The van der Waals surface area contributed by atoms with Crippen LogP contribution in [0.3, 0.4) is 0 Å². The summed E-state index contributed by atoms with van der Waals surface area (Å²) in [5.41, 5.74) is 1.89. The molecule has 126 valence electrons. The quantitative estimate of drug-likeness (QED) is 0.687. The van der Waals surface area contributed by atoms with Gasteiger partial charge in [-0.05, 0) is 50.3 Å². The zero-order valence-electron chi connectivity index (χ0n) is 13.7. The maximum Gasteiger partial charge on any atom is 0.321 e. The summed E-state index contributed by atoms with van der Waals surface area (Å²) in [5.74, 6) is 0.376. The third kappa shape index (κ3) is 6.28. The Morgan fingerprint density at radius 2 is 2.13 bits per heavy atom. The SMILES string of the molecule is CCNC(=O)NC(=O)C(C)Nc1cccc(COCC2CC2)c1. The molecular weight excluding hydrogens is 294 g/mol. The van der Waals surface area contributed by atoms with Gasteiger partial charge >= 0.3 is 6.03 Å². The Balaban J connectivity index is 1.80. The number of hydrogen-bond acceptors (Lipinski definition) is 4. The predicted octanol–water partition coefficient (Wildman–Crippen LogP) is 2.26. The van der Waals surface area contributed by atoms with E-state index in [9.17, 15) is 9.59 Å². The van der Waals surface area contributed by atoms with Crippen molar-refractivity contribution in [3.8, 4) is 0 Å². The van der Waals surface area contributed by atoms with Crippen LogP contribution in [0.1, 0.15) is 32.3 Å². The molecule has 0 saturated heterocycles. The number of rotatable bonds is 8. The fraction of sp³-hybridized carbons (Fsp3) is 0.529. The maximum absolute atomic E-state index is 11.9. The van der Waals surface area contributed by atoms with Crippen LogP contribution in [0, 0.1) is 5.92 Å². The van der Waals surface area contributed by atoms with E-state index in [-0.39, 0.29) is 5.91 Å². The van der Waals surface area contributed by atoms with Gasteiger partial charge in [-0.3, -0.25) is 10.1 Å².